The molecular formula is C16H18N4O. The van der Waals surface area contributed by atoms with E-state index in [0.717, 1.165) is 18.4 Å². The summed E-state index contributed by atoms with van der Waals surface area (Å²) >= 11 is 0. The lowest BCUT2D eigenvalue weighted by Crippen LogP contribution is -2.26. The predicted octanol–water partition coefficient (Wildman–Crippen LogP) is 2.29. The van der Waals surface area contributed by atoms with Gasteiger partial charge in [-0.15, -0.1) is 0 Å². The van der Waals surface area contributed by atoms with Gasteiger partial charge in [-0.3, -0.25) is 4.79 Å². The first-order chi connectivity index (χ1) is 10.2. The Labute approximate surface area is 123 Å². The van der Waals surface area contributed by atoms with E-state index in [4.69, 9.17) is 0 Å². The third-order valence-corrected chi connectivity index (χ3v) is 3.37. The van der Waals surface area contributed by atoms with Gasteiger partial charge in [0.1, 0.15) is 5.69 Å². The van der Waals surface area contributed by atoms with E-state index in [-0.39, 0.29) is 5.91 Å². The van der Waals surface area contributed by atoms with Gasteiger partial charge in [0.2, 0.25) is 5.95 Å². The van der Waals surface area contributed by atoms with Gasteiger partial charge in [-0.25, -0.2) is 9.97 Å². The fourth-order valence-corrected chi connectivity index (χ4v) is 1.94. The molecule has 108 valence electrons. The van der Waals surface area contributed by atoms with E-state index in [0.29, 0.717) is 24.2 Å². The molecule has 0 atom stereocenters. The minimum absolute atomic E-state index is 0.127. The Bertz CT molecular complexity index is 635. The lowest BCUT2D eigenvalue weighted by Gasteiger charge is -2.07. The summed E-state index contributed by atoms with van der Waals surface area (Å²) in [6.07, 6.45) is 3.73. The molecule has 1 aliphatic carbocycles. The number of nitrogens with zero attached hydrogens (tertiary/aromatic N) is 2. The van der Waals surface area contributed by atoms with Crippen molar-refractivity contribution >= 4 is 11.9 Å². The zero-order chi connectivity index (χ0) is 14.7. The van der Waals surface area contributed by atoms with Gasteiger partial charge in [-0.05, 0) is 31.4 Å². The third kappa shape index (κ3) is 3.78. The highest BCUT2D eigenvalue weighted by Crippen LogP contribution is 2.19. The molecule has 0 saturated heterocycles. The molecule has 5 nitrogen and oxygen atoms in total. The van der Waals surface area contributed by atoms with Crippen molar-refractivity contribution in [3.05, 3.63) is 53.3 Å². The van der Waals surface area contributed by atoms with Crippen LogP contribution >= 0.6 is 0 Å². The van der Waals surface area contributed by atoms with Crippen molar-refractivity contribution in [1.82, 2.24) is 15.3 Å². The third-order valence-electron chi connectivity index (χ3n) is 3.37. The monoisotopic (exact) mass is 282 g/mol. The highest BCUT2D eigenvalue weighted by atomic mass is 16.2. The molecule has 1 heterocycles. The van der Waals surface area contributed by atoms with Gasteiger partial charge in [0.05, 0.1) is 0 Å². The minimum atomic E-state index is -0.127. The molecule has 0 spiro atoms. The summed E-state index contributed by atoms with van der Waals surface area (Å²) in [5.74, 6) is 0.345. The maximum atomic E-state index is 11.9. The average Bonchev–Trinajstić information content (AvgIpc) is 3.31. The number of anilines is 1. The molecule has 1 aliphatic rings. The summed E-state index contributed by atoms with van der Waals surface area (Å²) in [6, 6.07) is 10.2. The first-order valence-corrected chi connectivity index (χ1v) is 7.14. The Balaban J connectivity index is 1.62. The number of carbonyl (C=O) groups is 1. The van der Waals surface area contributed by atoms with E-state index in [2.05, 4.69) is 51.8 Å². The number of amides is 1. The van der Waals surface area contributed by atoms with Crippen molar-refractivity contribution in [3.63, 3.8) is 0 Å². The van der Waals surface area contributed by atoms with Crippen molar-refractivity contribution in [2.45, 2.75) is 32.4 Å². The molecule has 1 amide bonds. The van der Waals surface area contributed by atoms with Gasteiger partial charge in [0, 0.05) is 18.8 Å². The molecule has 3 rings (SSSR count). The quantitative estimate of drug-likeness (QED) is 0.883. The summed E-state index contributed by atoms with van der Waals surface area (Å²) in [6.45, 7) is 2.69. The Morgan fingerprint density at radius 3 is 2.71 bits per heavy atom. The molecule has 0 bridgehead atoms. The molecule has 2 aromatic rings. The number of rotatable bonds is 5. The number of aryl methyl sites for hydroxylation is 1. The Morgan fingerprint density at radius 1 is 1.24 bits per heavy atom. The first kappa shape index (κ1) is 13.5. The summed E-state index contributed by atoms with van der Waals surface area (Å²) in [7, 11) is 0. The number of aromatic nitrogens is 2. The molecule has 0 aliphatic heterocycles. The molecule has 1 saturated carbocycles. The maximum absolute atomic E-state index is 11.9. The molecule has 1 aromatic carbocycles. The van der Waals surface area contributed by atoms with Crippen LogP contribution in [0.15, 0.2) is 36.5 Å². The predicted molar refractivity (Wildman–Crippen MR) is 81.0 cm³/mol. The van der Waals surface area contributed by atoms with Crippen LogP contribution in [0.2, 0.25) is 0 Å². The van der Waals surface area contributed by atoms with Crippen LogP contribution in [0.25, 0.3) is 0 Å². The van der Waals surface area contributed by atoms with Gasteiger partial charge in [0.25, 0.3) is 5.91 Å². The molecule has 21 heavy (non-hydrogen) atoms. The van der Waals surface area contributed by atoms with E-state index in [1.54, 1.807) is 12.3 Å². The van der Waals surface area contributed by atoms with Crippen LogP contribution in [-0.4, -0.2) is 21.9 Å². The Hall–Kier alpha value is -2.43. The highest BCUT2D eigenvalue weighted by molar-refractivity contribution is 5.92. The van der Waals surface area contributed by atoms with E-state index in [9.17, 15) is 4.79 Å². The molecule has 1 aromatic heterocycles. The van der Waals surface area contributed by atoms with Crippen molar-refractivity contribution in [1.29, 1.82) is 0 Å². The number of hydrogen-bond donors (Lipinski definition) is 2. The van der Waals surface area contributed by atoms with Gasteiger partial charge >= 0.3 is 0 Å². The fourth-order valence-electron chi connectivity index (χ4n) is 1.94. The summed E-state index contributed by atoms with van der Waals surface area (Å²) in [4.78, 5) is 20.3. The van der Waals surface area contributed by atoms with E-state index in [1.165, 1.54) is 5.56 Å². The van der Waals surface area contributed by atoms with Crippen LogP contribution in [0.5, 0.6) is 0 Å². The second-order valence-electron chi connectivity index (χ2n) is 5.35. The largest absolute Gasteiger partial charge is 0.350 e. The van der Waals surface area contributed by atoms with Gasteiger partial charge < -0.3 is 10.6 Å². The lowest BCUT2D eigenvalue weighted by molar-refractivity contribution is 0.0946. The van der Waals surface area contributed by atoms with Crippen LogP contribution in [0, 0.1) is 6.92 Å². The number of hydrogen-bond acceptors (Lipinski definition) is 4. The molecule has 2 N–H and O–H groups in total. The standard InChI is InChI=1S/C16H18N4O/c1-11-2-4-12(5-3-11)10-18-16-17-9-8-14(20-16)15(21)19-13-6-7-13/h2-5,8-9,13H,6-7,10H2,1H3,(H,19,21)(H,17,18,20). The normalized spacial score (nSPS) is 13.8. The zero-order valence-electron chi connectivity index (χ0n) is 12.0. The Morgan fingerprint density at radius 2 is 2.00 bits per heavy atom. The molecule has 0 radical (unpaired) electrons. The van der Waals surface area contributed by atoms with Gasteiger partial charge in [-0.1, -0.05) is 29.8 Å². The van der Waals surface area contributed by atoms with Crippen molar-refractivity contribution in [2.75, 3.05) is 5.32 Å². The summed E-state index contributed by atoms with van der Waals surface area (Å²) in [5.41, 5.74) is 2.79. The first-order valence-electron chi connectivity index (χ1n) is 7.14. The summed E-state index contributed by atoms with van der Waals surface area (Å²) in [5, 5.41) is 6.06. The SMILES string of the molecule is Cc1ccc(CNc2nccc(C(=O)NC3CC3)n2)cc1. The average molecular weight is 282 g/mol. The Kier molecular flexibility index (Phi) is 3.81. The summed E-state index contributed by atoms with van der Waals surface area (Å²) < 4.78 is 0. The maximum Gasteiger partial charge on any atom is 0.270 e. The van der Waals surface area contributed by atoms with Crippen molar-refractivity contribution in [2.24, 2.45) is 0 Å². The molecule has 5 heteroatoms. The van der Waals surface area contributed by atoms with Gasteiger partial charge in [-0.2, -0.15) is 0 Å². The van der Waals surface area contributed by atoms with Crippen LogP contribution in [0.3, 0.4) is 0 Å². The number of nitrogens with one attached hydrogen (secondary N) is 2. The second-order valence-corrected chi connectivity index (χ2v) is 5.35. The molecule has 0 unspecified atom stereocenters. The van der Waals surface area contributed by atoms with Crippen LogP contribution < -0.4 is 10.6 Å². The number of carbonyl (C=O) groups excluding carboxylic acids is 1. The number of benzene rings is 1. The highest BCUT2D eigenvalue weighted by Gasteiger charge is 2.24. The van der Waals surface area contributed by atoms with Gasteiger partial charge in [0.15, 0.2) is 0 Å². The second kappa shape index (κ2) is 5.91. The minimum Gasteiger partial charge on any atom is -0.350 e. The molecular weight excluding hydrogens is 264 g/mol. The van der Waals surface area contributed by atoms with E-state index < -0.39 is 0 Å². The molecule has 1 fully saturated rings. The van der Waals surface area contributed by atoms with Crippen LogP contribution in [-0.2, 0) is 6.54 Å². The van der Waals surface area contributed by atoms with Crippen LogP contribution in [0.4, 0.5) is 5.95 Å². The van der Waals surface area contributed by atoms with Crippen molar-refractivity contribution < 1.29 is 4.79 Å². The van der Waals surface area contributed by atoms with Crippen molar-refractivity contribution in [3.8, 4) is 0 Å². The van der Waals surface area contributed by atoms with Crippen LogP contribution in [0.1, 0.15) is 34.5 Å². The lowest BCUT2D eigenvalue weighted by atomic mass is 10.1. The van der Waals surface area contributed by atoms with E-state index >= 15 is 0 Å². The topological polar surface area (TPSA) is 66.9 Å². The zero-order valence-corrected chi connectivity index (χ0v) is 12.0. The smallest absolute Gasteiger partial charge is 0.270 e. The fraction of sp³-hybridized carbons (Fsp3) is 0.312. The van der Waals surface area contributed by atoms with E-state index in [1.807, 2.05) is 0 Å².